The maximum absolute atomic E-state index is 13.5. The third-order valence-corrected chi connectivity index (χ3v) is 5.08. The molecule has 0 aromatic heterocycles. The van der Waals surface area contributed by atoms with Crippen LogP contribution >= 0.6 is 0 Å². The maximum Gasteiger partial charge on any atom is 0.328 e. The molecule has 0 saturated carbocycles. The van der Waals surface area contributed by atoms with Crippen molar-refractivity contribution in [3.05, 3.63) is 71.0 Å². The van der Waals surface area contributed by atoms with Crippen molar-refractivity contribution in [3.63, 3.8) is 0 Å². The van der Waals surface area contributed by atoms with Crippen LogP contribution in [0, 0.1) is 5.82 Å². The van der Waals surface area contributed by atoms with Crippen LogP contribution < -0.4 is 10.6 Å². The van der Waals surface area contributed by atoms with E-state index in [-0.39, 0.29) is 18.3 Å². The topological polar surface area (TPSA) is 84.5 Å². The molecule has 172 valence electrons. The number of nitrogens with one attached hydrogen (secondary N) is 2. The summed E-state index contributed by atoms with van der Waals surface area (Å²) in [5, 5.41) is 5.25. The van der Waals surface area contributed by atoms with Gasteiger partial charge in [0.1, 0.15) is 17.9 Å². The Kier molecular flexibility index (Phi) is 8.52. The second-order valence-corrected chi connectivity index (χ2v) is 8.82. The van der Waals surface area contributed by atoms with Crippen LogP contribution in [0.4, 0.5) is 4.39 Å². The number of carbonyl (C=O) groups excluding carboxylic acids is 3. The van der Waals surface area contributed by atoms with Gasteiger partial charge in [0.05, 0.1) is 7.11 Å². The summed E-state index contributed by atoms with van der Waals surface area (Å²) < 4.78 is 18.4. The molecule has 2 atom stereocenters. The molecule has 0 unspecified atom stereocenters. The lowest BCUT2D eigenvalue weighted by Crippen LogP contribution is -2.53. The van der Waals surface area contributed by atoms with Crippen molar-refractivity contribution in [1.29, 1.82) is 0 Å². The van der Waals surface area contributed by atoms with E-state index in [4.69, 9.17) is 4.74 Å². The summed E-state index contributed by atoms with van der Waals surface area (Å²) >= 11 is 0. The monoisotopic (exact) mass is 442 g/mol. The first-order valence-electron chi connectivity index (χ1n) is 10.5. The van der Waals surface area contributed by atoms with Crippen molar-refractivity contribution in [1.82, 2.24) is 10.6 Å². The molecule has 2 aromatic rings. The molecule has 2 amide bonds. The molecule has 0 spiro atoms. The molecule has 0 fully saturated rings. The third kappa shape index (κ3) is 7.48. The highest BCUT2D eigenvalue weighted by Gasteiger charge is 2.27. The van der Waals surface area contributed by atoms with E-state index in [1.165, 1.54) is 32.2 Å². The molecule has 2 N–H and O–H groups in total. The van der Waals surface area contributed by atoms with Gasteiger partial charge in [0.25, 0.3) is 0 Å². The van der Waals surface area contributed by atoms with E-state index in [2.05, 4.69) is 31.4 Å². The number of ether oxygens (including phenoxy) is 1. The zero-order chi connectivity index (χ0) is 23.9. The molecule has 0 saturated heterocycles. The molecule has 7 heteroatoms. The molecule has 2 aromatic carbocycles. The van der Waals surface area contributed by atoms with Crippen LogP contribution in [0.2, 0.25) is 0 Å². The zero-order valence-corrected chi connectivity index (χ0v) is 19.2. The second-order valence-electron chi connectivity index (χ2n) is 8.82. The Morgan fingerprint density at radius 3 is 2.09 bits per heavy atom. The molecule has 0 bridgehead atoms. The molecular formula is C25H31FN2O4. The predicted molar refractivity (Wildman–Crippen MR) is 121 cm³/mol. The molecule has 32 heavy (non-hydrogen) atoms. The van der Waals surface area contributed by atoms with Crippen molar-refractivity contribution in [2.24, 2.45) is 0 Å². The third-order valence-electron chi connectivity index (χ3n) is 5.08. The second kappa shape index (κ2) is 10.9. The van der Waals surface area contributed by atoms with E-state index >= 15 is 0 Å². The first-order chi connectivity index (χ1) is 15.0. The fourth-order valence-electron chi connectivity index (χ4n) is 3.34. The van der Waals surface area contributed by atoms with Gasteiger partial charge in [-0.1, -0.05) is 57.2 Å². The highest BCUT2D eigenvalue weighted by Crippen LogP contribution is 2.22. The summed E-state index contributed by atoms with van der Waals surface area (Å²) in [4.78, 5) is 36.9. The number of hydrogen-bond acceptors (Lipinski definition) is 4. The van der Waals surface area contributed by atoms with Crippen LogP contribution in [0.25, 0.3) is 0 Å². The van der Waals surface area contributed by atoms with E-state index in [1.54, 1.807) is 6.07 Å². The average Bonchev–Trinajstić information content (AvgIpc) is 2.71. The SMILES string of the molecule is COC(=O)[C@H](Cc1ccc(C(C)(C)C)cc1)NC(=O)[C@H](Cc1cccc(F)c1)NC(C)=O. The van der Waals surface area contributed by atoms with Gasteiger partial charge in [-0.2, -0.15) is 0 Å². The van der Waals surface area contributed by atoms with Crippen LogP contribution in [0.1, 0.15) is 44.4 Å². The number of hydrogen-bond donors (Lipinski definition) is 2. The largest absolute Gasteiger partial charge is 0.467 e. The summed E-state index contributed by atoms with van der Waals surface area (Å²) in [6.07, 6.45) is 0.312. The Bertz CT molecular complexity index is 951. The van der Waals surface area contributed by atoms with Gasteiger partial charge in [0.15, 0.2) is 0 Å². The van der Waals surface area contributed by atoms with Crippen molar-refractivity contribution in [3.8, 4) is 0 Å². The molecule has 0 aliphatic carbocycles. The Morgan fingerprint density at radius 2 is 1.56 bits per heavy atom. The normalized spacial score (nSPS) is 13.1. The molecule has 0 radical (unpaired) electrons. The fraction of sp³-hybridized carbons (Fsp3) is 0.400. The predicted octanol–water partition coefficient (Wildman–Crippen LogP) is 3.07. The smallest absolute Gasteiger partial charge is 0.328 e. The number of benzene rings is 2. The zero-order valence-electron chi connectivity index (χ0n) is 19.2. The minimum Gasteiger partial charge on any atom is -0.467 e. The Morgan fingerprint density at radius 1 is 0.938 bits per heavy atom. The van der Waals surface area contributed by atoms with Crippen LogP contribution in [-0.2, 0) is 37.4 Å². The fourth-order valence-corrected chi connectivity index (χ4v) is 3.34. The lowest BCUT2D eigenvalue weighted by Gasteiger charge is -2.23. The lowest BCUT2D eigenvalue weighted by molar-refractivity contribution is -0.145. The van der Waals surface area contributed by atoms with Gasteiger partial charge < -0.3 is 15.4 Å². The molecule has 0 aliphatic rings. The van der Waals surface area contributed by atoms with Crippen molar-refractivity contribution < 1.29 is 23.5 Å². The number of methoxy groups -OCH3 is 1. The van der Waals surface area contributed by atoms with Crippen molar-refractivity contribution in [2.45, 2.75) is 58.0 Å². The van der Waals surface area contributed by atoms with Gasteiger partial charge >= 0.3 is 5.97 Å². The van der Waals surface area contributed by atoms with Gasteiger partial charge in [-0.25, -0.2) is 9.18 Å². The Hall–Kier alpha value is -3.22. The quantitative estimate of drug-likeness (QED) is 0.616. The first kappa shape index (κ1) is 25.0. The standard InChI is InChI=1S/C25H31FN2O4/c1-16(29)27-21(15-18-7-6-8-20(26)13-18)23(30)28-22(24(31)32-5)14-17-9-11-19(12-10-17)25(2,3)4/h6-13,21-22H,14-15H2,1-5H3,(H,27,29)(H,28,30)/t21-,22-/m0/s1. The lowest BCUT2D eigenvalue weighted by atomic mass is 9.86. The van der Waals surface area contributed by atoms with Crippen LogP contribution in [0.3, 0.4) is 0 Å². The van der Waals surface area contributed by atoms with Gasteiger partial charge in [0, 0.05) is 19.8 Å². The first-order valence-corrected chi connectivity index (χ1v) is 10.5. The molecule has 6 nitrogen and oxygen atoms in total. The van der Waals surface area contributed by atoms with Crippen LogP contribution in [0.15, 0.2) is 48.5 Å². The number of rotatable bonds is 8. The van der Waals surface area contributed by atoms with E-state index in [1.807, 2.05) is 24.3 Å². The molecule has 0 heterocycles. The summed E-state index contributed by atoms with van der Waals surface area (Å²) in [5.41, 5.74) is 2.55. The summed E-state index contributed by atoms with van der Waals surface area (Å²) in [5.74, 6) is -1.98. The Labute approximate surface area is 188 Å². The van der Waals surface area contributed by atoms with Gasteiger partial charge in [-0.3, -0.25) is 9.59 Å². The van der Waals surface area contributed by atoms with Crippen molar-refractivity contribution >= 4 is 17.8 Å². The molecule has 2 rings (SSSR count). The van der Waals surface area contributed by atoms with Gasteiger partial charge in [-0.05, 0) is 34.2 Å². The number of amides is 2. The number of esters is 1. The minimum atomic E-state index is -0.968. The molecular weight excluding hydrogens is 411 g/mol. The Balaban J connectivity index is 2.18. The van der Waals surface area contributed by atoms with E-state index < -0.39 is 35.7 Å². The average molecular weight is 443 g/mol. The summed E-state index contributed by atoms with van der Waals surface area (Å²) in [7, 11) is 1.25. The van der Waals surface area contributed by atoms with E-state index in [9.17, 15) is 18.8 Å². The summed E-state index contributed by atoms with van der Waals surface area (Å²) in [6.45, 7) is 7.63. The van der Waals surface area contributed by atoms with Crippen LogP contribution in [0.5, 0.6) is 0 Å². The molecule has 0 aliphatic heterocycles. The van der Waals surface area contributed by atoms with Gasteiger partial charge in [-0.15, -0.1) is 0 Å². The summed E-state index contributed by atoms with van der Waals surface area (Å²) in [6, 6.07) is 11.7. The highest BCUT2D eigenvalue weighted by molar-refractivity contribution is 5.90. The van der Waals surface area contributed by atoms with Crippen molar-refractivity contribution in [2.75, 3.05) is 7.11 Å². The number of halogens is 1. The minimum absolute atomic E-state index is 0.00299. The highest BCUT2D eigenvalue weighted by atomic mass is 19.1. The van der Waals surface area contributed by atoms with E-state index in [0.29, 0.717) is 5.56 Å². The maximum atomic E-state index is 13.5. The van der Waals surface area contributed by atoms with Gasteiger partial charge in [0.2, 0.25) is 11.8 Å². The number of carbonyl (C=O) groups is 3. The van der Waals surface area contributed by atoms with Crippen LogP contribution in [-0.4, -0.2) is 37.0 Å². The van der Waals surface area contributed by atoms with E-state index in [0.717, 1.165) is 11.1 Å².